The van der Waals surface area contributed by atoms with Crippen molar-refractivity contribution >= 4 is 6.29 Å². The maximum absolute atomic E-state index is 12.8. The van der Waals surface area contributed by atoms with Crippen LogP contribution in [0, 0.1) is 23.2 Å². The molecule has 0 aromatic heterocycles. The molecule has 4 heteroatoms. The van der Waals surface area contributed by atoms with E-state index < -0.39 is 11.6 Å². The molecule has 0 amide bonds. The molecule has 1 aliphatic rings. The lowest BCUT2D eigenvalue weighted by atomic mass is 9.73. The van der Waals surface area contributed by atoms with Crippen molar-refractivity contribution in [1.82, 2.24) is 0 Å². The first-order chi connectivity index (χ1) is 8.67. The molecule has 0 spiro atoms. The molecule has 0 heterocycles. The smallest absolute Gasteiger partial charge is 0.303 e. The average Bonchev–Trinajstić information content (AvgIpc) is 2.34. The van der Waals surface area contributed by atoms with Crippen LogP contribution in [0.25, 0.3) is 0 Å². The molecule has 0 radical (unpaired) electrons. The summed E-state index contributed by atoms with van der Waals surface area (Å²) < 4.78 is 38.4. The summed E-state index contributed by atoms with van der Waals surface area (Å²) in [6.07, 6.45) is 1.52. The van der Waals surface area contributed by atoms with Gasteiger partial charge in [-0.05, 0) is 37.5 Å². The molecule has 1 fully saturated rings. The first-order valence-electron chi connectivity index (χ1n) is 7.19. The molecular weight excluding hydrogens is 253 g/mol. The highest BCUT2D eigenvalue weighted by molar-refractivity contribution is 5.53. The largest absolute Gasteiger partial charge is 0.393 e. The lowest BCUT2D eigenvalue weighted by Gasteiger charge is -2.33. The van der Waals surface area contributed by atoms with Crippen molar-refractivity contribution < 1.29 is 18.0 Å². The summed E-state index contributed by atoms with van der Waals surface area (Å²) in [5, 5.41) is 0. The van der Waals surface area contributed by atoms with E-state index >= 15 is 0 Å². The van der Waals surface area contributed by atoms with Crippen LogP contribution in [0.15, 0.2) is 0 Å². The maximum atomic E-state index is 12.8. The normalized spacial score (nSPS) is 27.1. The summed E-state index contributed by atoms with van der Waals surface area (Å²) >= 11 is 0. The molecule has 3 unspecified atom stereocenters. The van der Waals surface area contributed by atoms with E-state index in [1.165, 1.54) is 13.8 Å². The van der Waals surface area contributed by atoms with Gasteiger partial charge in [0.25, 0.3) is 0 Å². The lowest BCUT2D eigenvalue weighted by molar-refractivity contribution is -0.214. The topological polar surface area (TPSA) is 17.1 Å². The van der Waals surface area contributed by atoms with Gasteiger partial charge < -0.3 is 4.79 Å². The van der Waals surface area contributed by atoms with Crippen molar-refractivity contribution in [3.8, 4) is 0 Å². The fourth-order valence-corrected chi connectivity index (χ4v) is 2.87. The second-order valence-electron chi connectivity index (χ2n) is 6.72. The number of hydrogen-bond acceptors (Lipinski definition) is 1. The predicted octanol–water partition coefficient (Wildman–Crippen LogP) is 5.00. The molecule has 3 atom stereocenters. The van der Waals surface area contributed by atoms with Crippen molar-refractivity contribution in [2.45, 2.75) is 65.5 Å². The van der Waals surface area contributed by atoms with Gasteiger partial charge in [0.05, 0.1) is 5.41 Å². The number of alkyl halides is 3. The van der Waals surface area contributed by atoms with Gasteiger partial charge in [-0.3, -0.25) is 0 Å². The Labute approximate surface area is 114 Å². The SMILES string of the molecule is CC(CCC(C)(C)C(F)(F)F)C1CCCC(C=O)C1. The molecule has 0 saturated heterocycles. The number of carbonyl (C=O) groups excluding carboxylic acids is 1. The van der Waals surface area contributed by atoms with E-state index in [1.807, 2.05) is 6.92 Å². The molecule has 1 aliphatic carbocycles. The van der Waals surface area contributed by atoms with Crippen LogP contribution in [0.1, 0.15) is 59.3 Å². The Hall–Kier alpha value is -0.540. The summed E-state index contributed by atoms with van der Waals surface area (Å²) in [5.74, 6) is 0.800. The van der Waals surface area contributed by atoms with Crippen molar-refractivity contribution in [2.24, 2.45) is 23.2 Å². The molecular formula is C15H25F3O. The second kappa shape index (κ2) is 6.27. The van der Waals surface area contributed by atoms with Gasteiger partial charge in [0.1, 0.15) is 6.29 Å². The van der Waals surface area contributed by atoms with E-state index in [1.54, 1.807) is 0 Å². The van der Waals surface area contributed by atoms with Crippen LogP contribution in [-0.2, 0) is 4.79 Å². The molecule has 112 valence electrons. The third kappa shape index (κ3) is 4.50. The van der Waals surface area contributed by atoms with Crippen molar-refractivity contribution in [1.29, 1.82) is 0 Å². The van der Waals surface area contributed by atoms with Gasteiger partial charge in [-0.25, -0.2) is 0 Å². The van der Waals surface area contributed by atoms with Crippen LogP contribution >= 0.6 is 0 Å². The van der Waals surface area contributed by atoms with Gasteiger partial charge in [0.2, 0.25) is 0 Å². The summed E-state index contributed by atoms with van der Waals surface area (Å²) in [6.45, 7) is 4.58. The van der Waals surface area contributed by atoms with Crippen molar-refractivity contribution in [2.75, 3.05) is 0 Å². The zero-order chi connectivity index (χ0) is 14.7. The molecule has 1 nitrogen and oxygen atoms in total. The Balaban J connectivity index is 2.47. The quantitative estimate of drug-likeness (QED) is 0.647. The fourth-order valence-electron chi connectivity index (χ4n) is 2.87. The summed E-state index contributed by atoms with van der Waals surface area (Å²) in [7, 11) is 0. The molecule has 0 N–H and O–H groups in total. The third-order valence-electron chi connectivity index (χ3n) is 4.74. The third-order valence-corrected chi connectivity index (χ3v) is 4.74. The Morgan fingerprint density at radius 2 is 1.89 bits per heavy atom. The Bertz CT molecular complexity index is 296. The minimum Gasteiger partial charge on any atom is -0.303 e. The highest BCUT2D eigenvalue weighted by atomic mass is 19.4. The lowest BCUT2D eigenvalue weighted by Crippen LogP contribution is -2.33. The number of hydrogen-bond donors (Lipinski definition) is 0. The molecule has 0 aromatic carbocycles. The van der Waals surface area contributed by atoms with E-state index in [-0.39, 0.29) is 18.3 Å². The van der Waals surface area contributed by atoms with Gasteiger partial charge in [-0.1, -0.05) is 33.6 Å². The molecule has 0 aromatic rings. The fraction of sp³-hybridized carbons (Fsp3) is 0.933. The van der Waals surface area contributed by atoms with Crippen molar-refractivity contribution in [3.63, 3.8) is 0 Å². The van der Waals surface area contributed by atoms with Crippen LogP contribution in [0.4, 0.5) is 13.2 Å². The van der Waals surface area contributed by atoms with Crippen LogP contribution in [0.2, 0.25) is 0 Å². The summed E-state index contributed by atoms with van der Waals surface area (Å²) in [6, 6.07) is 0. The molecule has 1 saturated carbocycles. The maximum Gasteiger partial charge on any atom is 0.393 e. The highest BCUT2D eigenvalue weighted by Crippen LogP contribution is 2.43. The van der Waals surface area contributed by atoms with Crippen molar-refractivity contribution in [3.05, 3.63) is 0 Å². The standard InChI is InChI=1S/C15H25F3O/c1-11(7-8-14(2,3)15(16,17)18)13-6-4-5-12(9-13)10-19/h10-13H,4-9H2,1-3H3. The van der Waals surface area contributed by atoms with E-state index in [9.17, 15) is 18.0 Å². The van der Waals surface area contributed by atoms with E-state index in [2.05, 4.69) is 0 Å². The molecule has 19 heavy (non-hydrogen) atoms. The van der Waals surface area contributed by atoms with E-state index in [4.69, 9.17) is 0 Å². The second-order valence-corrected chi connectivity index (χ2v) is 6.72. The van der Waals surface area contributed by atoms with E-state index in [0.29, 0.717) is 12.3 Å². The minimum atomic E-state index is -4.13. The monoisotopic (exact) mass is 278 g/mol. The molecule has 1 rings (SSSR count). The predicted molar refractivity (Wildman–Crippen MR) is 69.7 cm³/mol. The van der Waals surface area contributed by atoms with Gasteiger partial charge in [-0.15, -0.1) is 0 Å². The van der Waals surface area contributed by atoms with Gasteiger partial charge in [0.15, 0.2) is 0 Å². The van der Waals surface area contributed by atoms with Crippen LogP contribution < -0.4 is 0 Å². The molecule has 0 bridgehead atoms. The Morgan fingerprint density at radius 3 is 2.42 bits per heavy atom. The van der Waals surface area contributed by atoms with Crippen LogP contribution in [-0.4, -0.2) is 12.5 Å². The Kier molecular flexibility index (Phi) is 5.45. The number of rotatable bonds is 5. The Morgan fingerprint density at radius 1 is 1.26 bits per heavy atom. The number of carbonyl (C=O) groups is 1. The number of aldehydes is 1. The van der Waals surface area contributed by atoms with E-state index in [0.717, 1.165) is 32.0 Å². The van der Waals surface area contributed by atoms with Gasteiger partial charge >= 0.3 is 6.18 Å². The zero-order valence-electron chi connectivity index (χ0n) is 12.1. The summed E-state index contributed by atoms with van der Waals surface area (Å²) in [4.78, 5) is 10.8. The average molecular weight is 278 g/mol. The first-order valence-corrected chi connectivity index (χ1v) is 7.19. The van der Waals surface area contributed by atoms with Gasteiger partial charge in [0, 0.05) is 5.92 Å². The van der Waals surface area contributed by atoms with Gasteiger partial charge in [-0.2, -0.15) is 13.2 Å². The number of halogens is 3. The highest BCUT2D eigenvalue weighted by Gasteiger charge is 2.46. The van der Waals surface area contributed by atoms with Crippen LogP contribution in [0.5, 0.6) is 0 Å². The molecule has 0 aliphatic heterocycles. The summed E-state index contributed by atoms with van der Waals surface area (Å²) in [5.41, 5.74) is -1.61. The first kappa shape index (κ1) is 16.5. The minimum absolute atomic E-state index is 0.122. The zero-order valence-corrected chi connectivity index (χ0v) is 12.1. The van der Waals surface area contributed by atoms with Crippen LogP contribution in [0.3, 0.4) is 0 Å².